The molecule has 0 bridgehead atoms. The number of para-hydroxylation sites is 1. The number of fused-ring (bicyclic) bond motifs is 1. The third-order valence-electron chi connectivity index (χ3n) is 5.18. The molecule has 3 N–H and O–H groups in total. The minimum atomic E-state index is -1.44. The highest BCUT2D eigenvalue weighted by Gasteiger charge is 2.30. The van der Waals surface area contributed by atoms with Crippen molar-refractivity contribution in [2.24, 2.45) is 5.92 Å². The number of unbranched alkanes of at least 4 members (excludes halogenated alkanes) is 1. The molecule has 0 saturated carbocycles. The molecule has 0 spiro atoms. The van der Waals surface area contributed by atoms with Crippen LogP contribution < -0.4 is 15.4 Å². The molecule has 0 radical (unpaired) electrons. The highest BCUT2D eigenvalue weighted by atomic mass is 16.5. The normalized spacial score (nSPS) is 20.6. The summed E-state index contributed by atoms with van der Waals surface area (Å²) < 4.78 is 5.81. The van der Waals surface area contributed by atoms with Crippen molar-refractivity contribution in [1.29, 1.82) is 0 Å². The average Bonchev–Trinajstić information content (AvgIpc) is 2.74. The molecule has 176 valence electrons. The summed E-state index contributed by atoms with van der Waals surface area (Å²) in [6.07, 6.45) is 1.63. The van der Waals surface area contributed by atoms with Gasteiger partial charge in [-0.05, 0) is 30.9 Å². The van der Waals surface area contributed by atoms with Crippen LogP contribution in [0.3, 0.4) is 0 Å². The van der Waals surface area contributed by atoms with E-state index in [1.807, 2.05) is 20.8 Å². The number of nitrogens with zero attached hydrogens (tertiary/aromatic N) is 1. The highest BCUT2D eigenvalue weighted by Crippen LogP contribution is 2.19. The molecule has 0 aliphatic carbocycles. The SMILES string of the molecule is CCCCN1CCOc2ccccc2C(=O)N[C@H](C(=O)O)CC(=O)N[C@@H](CC(C)C)C1=O. The van der Waals surface area contributed by atoms with Crippen molar-refractivity contribution in [1.82, 2.24) is 15.5 Å². The molecule has 2 rings (SSSR count). The lowest BCUT2D eigenvalue weighted by atomic mass is 10.0. The molecular weight excluding hydrogens is 414 g/mol. The average molecular weight is 448 g/mol. The Morgan fingerprint density at radius 3 is 2.59 bits per heavy atom. The molecular formula is C23H33N3O6. The van der Waals surface area contributed by atoms with Crippen molar-refractivity contribution in [3.8, 4) is 5.75 Å². The number of carboxylic acids is 1. The number of carbonyl (C=O) groups is 4. The molecule has 0 unspecified atom stereocenters. The van der Waals surface area contributed by atoms with Gasteiger partial charge in [-0.1, -0.05) is 39.3 Å². The molecule has 1 aromatic rings. The molecule has 9 heteroatoms. The zero-order chi connectivity index (χ0) is 23.7. The Hall–Kier alpha value is -3.10. The van der Waals surface area contributed by atoms with E-state index in [4.69, 9.17) is 4.74 Å². The van der Waals surface area contributed by atoms with Gasteiger partial charge in [-0.2, -0.15) is 0 Å². The van der Waals surface area contributed by atoms with E-state index in [2.05, 4.69) is 10.6 Å². The van der Waals surface area contributed by atoms with Gasteiger partial charge in [-0.25, -0.2) is 4.79 Å². The fraction of sp³-hybridized carbons (Fsp3) is 0.565. The maximum Gasteiger partial charge on any atom is 0.326 e. The van der Waals surface area contributed by atoms with Gasteiger partial charge >= 0.3 is 5.97 Å². The minimum absolute atomic E-state index is 0.134. The molecule has 1 aliphatic rings. The molecule has 0 aromatic heterocycles. The van der Waals surface area contributed by atoms with E-state index >= 15 is 0 Å². The van der Waals surface area contributed by atoms with E-state index < -0.39 is 36.3 Å². The molecule has 1 aliphatic heterocycles. The van der Waals surface area contributed by atoms with Crippen molar-refractivity contribution in [3.63, 3.8) is 0 Å². The van der Waals surface area contributed by atoms with E-state index in [9.17, 15) is 24.3 Å². The lowest BCUT2D eigenvalue weighted by molar-refractivity contribution is -0.142. The Bertz CT molecular complexity index is 826. The Morgan fingerprint density at radius 1 is 1.22 bits per heavy atom. The Balaban J connectivity index is 2.39. The first-order valence-corrected chi connectivity index (χ1v) is 11.1. The van der Waals surface area contributed by atoms with Gasteiger partial charge in [0.25, 0.3) is 5.91 Å². The lowest BCUT2D eigenvalue weighted by Crippen LogP contribution is -2.52. The Morgan fingerprint density at radius 2 is 1.94 bits per heavy atom. The number of nitrogens with one attached hydrogen (secondary N) is 2. The second-order valence-corrected chi connectivity index (χ2v) is 8.34. The lowest BCUT2D eigenvalue weighted by Gasteiger charge is -2.29. The number of rotatable bonds is 6. The fourth-order valence-electron chi connectivity index (χ4n) is 3.52. The summed E-state index contributed by atoms with van der Waals surface area (Å²) in [5, 5.41) is 14.6. The van der Waals surface area contributed by atoms with Crippen molar-refractivity contribution in [2.75, 3.05) is 19.7 Å². The van der Waals surface area contributed by atoms with E-state index in [0.717, 1.165) is 12.8 Å². The van der Waals surface area contributed by atoms with Gasteiger partial charge < -0.3 is 25.4 Å². The summed E-state index contributed by atoms with van der Waals surface area (Å²) in [5.74, 6) is -2.38. The van der Waals surface area contributed by atoms with Gasteiger partial charge in [0.2, 0.25) is 11.8 Å². The quantitative estimate of drug-likeness (QED) is 0.611. The summed E-state index contributed by atoms with van der Waals surface area (Å²) in [4.78, 5) is 52.0. The molecule has 0 fully saturated rings. The molecule has 2 atom stereocenters. The van der Waals surface area contributed by atoms with Crippen molar-refractivity contribution < 1.29 is 29.0 Å². The topological polar surface area (TPSA) is 125 Å². The van der Waals surface area contributed by atoms with Crippen LogP contribution in [0.25, 0.3) is 0 Å². The molecule has 0 saturated heterocycles. The minimum Gasteiger partial charge on any atom is -0.491 e. The summed E-state index contributed by atoms with van der Waals surface area (Å²) >= 11 is 0. The maximum absolute atomic E-state index is 13.3. The molecule has 1 heterocycles. The first kappa shape index (κ1) is 25.2. The van der Waals surface area contributed by atoms with Gasteiger partial charge in [-0.15, -0.1) is 0 Å². The molecule has 9 nitrogen and oxygen atoms in total. The van der Waals surface area contributed by atoms with Crippen LogP contribution in [-0.4, -0.2) is 65.5 Å². The van der Waals surface area contributed by atoms with Crippen LogP contribution in [0.4, 0.5) is 0 Å². The zero-order valence-electron chi connectivity index (χ0n) is 18.9. The zero-order valence-corrected chi connectivity index (χ0v) is 18.9. The first-order chi connectivity index (χ1) is 15.2. The van der Waals surface area contributed by atoms with Crippen LogP contribution in [0.1, 0.15) is 56.8 Å². The predicted octanol–water partition coefficient (Wildman–Crippen LogP) is 1.81. The molecule has 1 aromatic carbocycles. The largest absolute Gasteiger partial charge is 0.491 e. The van der Waals surface area contributed by atoms with E-state index in [0.29, 0.717) is 19.5 Å². The van der Waals surface area contributed by atoms with E-state index in [-0.39, 0.29) is 29.7 Å². The van der Waals surface area contributed by atoms with Crippen molar-refractivity contribution >= 4 is 23.7 Å². The van der Waals surface area contributed by atoms with Gasteiger partial charge in [-0.3, -0.25) is 14.4 Å². The monoisotopic (exact) mass is 447 g/mol. The number of hydrogen-bond donors (Lipinski definition) is 3. The smallest absolute Gasteiger partial charge is 0.326 e. The number of carboxylic acid groups (broad SMARTS) is 1. The maximum atomic E-state index is 13.3. The number of ether oxygens (including phenoxy) is 1. The van der Waals surface area contributed by atoms with Crippen LogP contribution in [0.5, 0.6) is 5.75 Å². The Labute approximate surface area is 188 Å². The van der Waals surface area contributed by atoms with Gasteiger partial charge in [0.05, 0.1) is 18.5 Å². The number of carbonyl (C=O) groups excluding carboxylic acids is 3. The summed E-state index contributed by atoms with van der Waals surface area (Å²) in [6.45, 7) is 6.90. The predicted molar refractivity (Wildman–Crippen MR) is 118 cm³/mol. The van der Waals surface area contributed by atoms with Gasteiger partial charge in [0.1, 0.15) is 24.4 Å². The van der Waals surface area contributed by atoms with Gasteiger partial charge in [0.15, 0.2) is 0 Å². The molecule has 32 heavy (non-hydrogen) atoms. The standard InChI is InChI=1S/C23H33N3O6/c1-4-5-10-26-11-12-32-19-9-7-6-8-16(19)21(28)25-18(23(30)31)14-20(27)24-17(22(26)29)13-15(2)3/h6-9,15,17-18H,4-5,10-14H2,1-3H3,(H,24,27)(H,25,28)(H,30,31)/t17-,18-/m0/s1. The van der Waals surface area contributed by atoms with Crippen LogP contribution in [-0.2, 0) is 14.4 Å². The van der Waals surface area contributed by atoms with Crippen LogP contribution in [0.2, 0.25) is 0 Å². The number of benzene rings is 1. The summed E-state index contributed by atoms with van der Waals surface area (Å²) in [7, 11) is 0. The second kappa shape index (κ2) is 12.1. The fourth-order valence-corrected chi connectivity index (χ4v) is 3.52. The van der Waals surface area contributed by atoms with Crippen molar-refractivity contribution in [3.05, 3.63) is 29.8 Å². The third kappa shape index (κ3) is 7.25. The molecule has 3 amide bonds. The van der Waals surface area contributed by atoms with Crippen LogP contribution in [0, 0.1) is 5.92 Å². The number of aliphatic carboxylic acids is 1. The highest BCUT2D eigenvalue weighted by molar-refractivity contribution is 6.00. The van der Waals surface area contributed by atoms with Crippen LogP contribution >= 0.6 is 0 Å². The summed E-state index contributed by atoms with van der Waals surface area (Å²) in [6, 6.07) is 4.26. The van der Waals surface area contributed by atoms with E-state index in [1.165, 1.54) is 6.07 Å². The second-order valence-electron chi connectivity index (χ2n) is 8.34. The van der Waals surface area contributed by atoms with E-state index in [1.54, 1.807) is 23.1 Å². The van der Waals surface area contributed by atoms with Crippen molar-refractivity contribution in [2.45, 2.75) is 58.5 Å². The van der Waals surface area contributed by atoms with Gasteiger partial charge in [0, 0.05) is 6.54 Å². The third-order valence-corrected chi connectivity index (χ3v) is 5.18. The Kier molecular flexibility index (Phi) is 9.49. The first-order valence-electron chi connectivity index (χ1n) is 11.1. The number of amides is 3. The summed E-state index contributed by atoms with van der Waals surface area (Å²) in [5.41, 5.74) is 0.167. The number of hydrogen-bond acceptors (Lipinski definition) is 5. The van der Waals surface area contributed by atoms with Crippen LogP contribution in [0.15, 0.2) is 24.3 Å².